The lowest BCUT2D eigenvalue weighted by molar-refractivity contribution is 0.0775. The second-order valence-corrected chi connectivity index (χ2v) is 10.5. The number of nitrogens with zero attached hydrogens (tertiary/aromatic N) is 4. The van der Waals surface area contributed by atoms with E-state index in [-0.39, 0.29) is 11.9 Å². The highest BCUT2D eigenvalue weighted by Crippen LogP contribution is 2.34. The van der Waals surface area contributed by atoms with Crippen LogP contribution in [0.5, 0.6) is 5.75 Å². The number of fused-ring (bicyclic) bond motifs is 3. The van der Waals surface area contributed by atoms with Crippen LogP contribution in [-0.4, -0.2) is 73.8 Å². The highest BCUT2D eigenvalue weighted by Gasteiger charge is 2.31. The van der Waals surface area contributed by atoms with Gasteiger partial charge in [0.05, 0.1) is 23.9 Å². The summed E-state index contributed by atoms with van der Waals surface area (Å²) in [6.45, 7) is 9.17. The maximum atomic E-state index is 13.1. The number of ether oxygens (including phenoxy) is 1. The average molecular weight is 497 g/mol. The van der Waals surface area contributed by atoms with Gasteiger partial charge in [-0.2, -0.15) is 0 Å². The minimum atomic E-state index is 0.108. The zero-order chi connectivity index (χ0) is 25.2. The summed E-state index contributed by atoms with van der Waals surface area (Å²) >= 11 is 0. The first-order valence-electron chi connectivity index (χ1n) is 13.7. The van der Waals surface area contributed by atoms with E-state index in [1.54, 1.807) is 0 Å². The van der Waals surface area contributed by atoms with Crippen molar-refractivity contribution in [2.24, 2.45) is 4.99 Å². The predicted octanol–water partition coefficient (Wildman–Crippen LogP) is 5.45. The van der Waals surface area contributed by atoms with Crippen LogP contribution in [-0.2, 0) is 0 Å². The third kappa shape index (κ3) is 5.08. The van der Waals surface area contributed by atoms with Crippen LogP contribution < -0.4 is 9.64 Å². The monoisotopic (exact) mass is 496 g/mol. The fourth-order valence-electron chi connectivity index (χ4n) is 5.87. The molecular weight excluding hydrogens is 460 g/mol. The molecule has 0 unspecified atom stereocenters. The second-order valence-electron chi connectivity index (χ2n) is 10.5. The molecule has 1 amide bonds. The predicted molar refractivity (Wildman–Crippen MR) is 151 cm³/mol. The van der Waals surface area contributed by atoms with Crippen LogP contribution in [0.4, 0.5) is 11.4 Å². The number of carbonyl (C=O) groups excluding carboxylic acids is 1. The lowest BCUT2D eigenvalue weighted by Crippen LogP contribution is -2.46. The Labute approximate surface area is 219 Å². The average Bonchev–Trinajstić information content (AvgIpc) is 3.36. The lowest BCUT2D eigenvalue weighted by Gasteiger charge is -2.36. The summed E-state index contributed by atoms with van der Waals surface area (Å²) in [4.78, 5) is 24.8. The van der Waals surface area contributed by atoms with E-state index >= 15 is 0 Å². The van der Waals surface area contributed by atoms with Crippen molar-refractivity contribution in [3.8, 4) is 5.75 Å². The molecule has 0 radical (unpaired) electrons. The molecule has 1 atom stereocenters. The molecule has 0 spiro atoms. The third-order valence-corrected chi connectivity index (χ3v) is 8.04. The van der Waals surface area contributed by atoms with E-state index < -0.39 is 0 Å². The van der Waals surface area contributed by atoms with Crippen molar-refractivity contribution in [2.45, 2.75) is 38.6 Å². The largest absolute Gasteiger partial charge is 0.493 e. The number of para-hydroxylation sites is 1. The molecule has 3 heterocycles. The number of aryl methyl sites for hydroxylation is 1. The van der Waals surface area contributed by atoms with Crippen molar-refractivity contribution < 1.29 is 9.53 Å². The van der Waals surface area contributed by atoms with Gasteiger partial charge in [0.15, 0.2) is 0 Å². The second kappa shape index (κ2) is 10.5. The van der Waals surface area contributed by atoms with Gasteiger partial charge in [-0.1, -0.05) is 18.2 Å². The van der Waals surface area contributed by atoms with Crippen LogP contribution in [0, 0.1) is 6.92 Å². The maximum Gasteiger partial charge on any atom is 0.256 e. The highest BCUT2D eigenvalue weighted by molar-refractivity contribution is 6.06. The first kappa shape index (κ1) is 24.0. The number of aliphatic imine (C=N–C) groups is 1. The van der Waals surface area contributed by atoms with Crippen molar-refractivity contribution in [3.05, 3.63) is 65.7 Å². The van der Waals surface area contributed by atoms with E-state index in [1.807, 2.05) is 23.2 Å². The quantitative estimate of drug-likeness (QED) is 0.408. The number of benzene rings is 3. The number of amides is 1. The standard InChI is InChI=1S/C31H36N4O2/c1-23-18-24-19-28-29(32-22-27-10-7-12-35(27)31(28)36)20-25(24)21-30(23)37-17-6-5-11-33-13-15-34(16-14-33)26-8-3-2-4-9-26/h2-4,8-9,18-22,27H,5-7,10-17H2,1H3/t27-/m0/s1. The van der Waals surface area contributed by atoms with E-state index in [4.69, 9.17) is 9.73 Å². The number of carbonyl (C=O) groups is 1. The molecule has 0 N–H and O–H groups in total. The van der Waals surface area contributed by atoms with Gasteiger partial charge in [-0.05, 0) is 91.9 Å². The first-order chi connectivity index (χ1) is 18.2. The molecule has 2 saturated heterocycles. The minimum absolute atomic E-state index is 0.108. The number of anilines is 1. The molecule has 3 aromatic carbocycles. The number of hydrogen-bond donors (Lipinski definition) is 0. The van der Waals surface area contributed by atoms with E-state index in [0.29, 0.717) is 12.2 Å². The Kier molecular flexibility index (Phi) is 6.83. The number of unbranched alkanes of at least 4 members (excludes halogenated alkanes) is 1. The van der Waals surface area contributed by atoms with Crippen molar-refractivity contribution in [1.82, 2.24) is 9.80 Å². The fourth-order valence-corrected chi connectivity index (χ4v) is 5.87. The number of piperazine rings is 1. The van der Waals surface area contributed by atoms with Gasteiger partial charge in [0.1, 0.15) is 5.75 Å². The van der Waals surface area contributed by atoms with Crippen LogP contribution in [0.25, 0.3) is 10.8 Å². The van der Waals surface area contributed by atoms with Gasteiger partial charge in [0, 0.05) is 44.6 Å². The number of hydrogen-bond acceptors (Lipinski definition) is 5. The van der Waals surface area contributed by atoms with Gasteiger partial charge in [0.2, 0.25) is 0 Å². The Morgan fingerprint density at radius 2 is 1.76 bits per heavy atom. The molecule has 0 saturated carbocycles. The Hall–Kier alpha value is -3.38. The summed E-state index contributed by atoms with van der Waals surface area (Å²) in [7, 11) is 0. The Morgan fingerprint density at radius 3 is 2.59 bits per heavy atom. The summed E-state index contributed by atoms with van der Waals surface area (Å²) in [5, 5.41) is 2.14. The molecule has 6 rings (SSSR count). The molecule has 192 valence electrons. The van der Waals surface area contributed by atoms with Gasteiger partial charge in [-0.25, -0.2) is 0 Å². The van der Waals surface area contributed by atoms with Crippen LogP contribution in [0.3, 0.4) is 0 Å². The van der Waals surface area contributed by atoms with Crippen LogP contribution in [0.1, 0.15) is 41.6 Å². The van der Waals surface area contributed by atoms with Crippen molar-refractivity contribution in [3.63, 3.8) is 0 Å². The Bertz CT molecular complexity index is 1300. The lowest BCUT2D eigenvalue weighted by atomic mass is 10.0. The first-order valence-corrected chi connectivity index (χ1v) is 13.7. The van der Waals surface area contributed by atoms with Crippen LogP contribution >= 0.6 is 0 Å². The summed E-state index contributed by atoms with van der Waals surface area (Å²) < 4.78 is 6.22. The van der Waals surface area contributed by atoms with Gasteiger partial charge in [0.25, 0.3) is 5.91 Å². The molecule has 6 heteroatoms. The van der Waals surface area contributed by atoms with Gasteiger partial charge >= 0.3 is 0 Å². The fraction of sp³-hybridized carbons (Fsp3) is 0.419. The topological polar surface area (TPSA) is 48.4 Å². The Morgan fingerprint density at radius 1 is 0.946 bits per heavy atom. The molecule has 3 aliphatic heterocycles. The molecule has 6 nitrogen and oxygen atoms in total. The van der Waals surface area contributed by atoms with Crippen LogP contribution in [0.2, 0.25) is 0 Å². The van der Waals surface area contributed by atoms with Gasteiger partial charge in [-0.15, -0.1) is 0 Å². The zero-order valence-electron chi connectivity index (χ0n) is 21.7. The van der Waals surface area contributed by atoms with Crippen molar-refractivity contribution in [2.75, 3.05) is 50.8 Å². The summed E-state index contributed by atoms with van der Waals surface area (Å²) in [6, 6.07) is 19.2. The Balaban J connectivity index is 1.02. The normalized spacial score (nSPS) is 19.7. The SMILES string of the molecule is Cc1cc2cc3c(cc2cc1OCCCCN1CCN(c2ccccc2)CC1)N=C[C@@H]1CCCN1C3=O. The van der Waals surface area contributed by atoms with E-state index in [2.05, 4.69) is 59.2 Å². The van der Waals surface area contributed by atoms with Gasteiger partial charge in [-0.3, -0.25) is 14.7 Å². The van der Waals surface area contributed by atoms with Crippen LogP contribution in [0.15, 0.2) is 59.6 Å². The molecule has 0 aromatic heterocycles. The highest BCUT2D eigenvalue weighted by atomic mass is 16.5. The molecule has 3 aromatic rings. The minimum Gasteiger partial charge on any atom is -0.493 e. The van der Waals surface area contributed by atoms with E-state index in [0.717, 1.165) is 92.7 Å². The molecule has 0 bridgehead atoms. The molecular formula is C31H36N4O2. The summed E-state index contributed by atoms with van der Waals surface area (Å²) in [5.74, 6) is 1.03. The number of rotatable bonds is 7. The zero-order valence-corrected chi connectivity index (χ0v) is 21.7. The maximum absolute atomic E-state index is 13.1. The smallest absolute Gasteiger partial charge is 0.256 e. The molecule has 0 aliphatic carbocycles. The molecule has 2 fully saturated rings. The van der Waals surface area contributed by atoms with E-state index in [9.17, 15) is 4.79 Å². The summed E-state index contributed by atoms with van der Waals surface area (Å²) in [6.07, 6.45) is 6.19. The third-order valence-electron chi connectivity index (χ3n) is 8.04. The van der Waals surface area contributed by atoms with Crippen molar-refractivity contribution in [1.29, 1.82) is 0 Å². The molecule has 3 aliphatic rings. The molecule has 37 heavy (non-hydrogen) atoms. The van der Waals surface area contributed by atoms with E-state index in [1.165, 1.54) is 5.69 Å². The van der Waals surface area contributed by atoms with Crippen molar-refractivity contribution >= 4 is 34.3 Å². The van der Waals surface area contributed by atoms with Gasteiger partial charge < -0.3 is 14.5 Å². The summed E-state index contributed by atoms with van der Waals surface area (Å²) in [5.41, 5.74) is 3.92.